The molecule has 31 heavy (non-hydrogen) atoms. The summed E-state index contributed by atoms with van der Waals surface area (Å²) in [6, 6.07) is 5.94. The molecule has 0 aliphatic heterocycles. The van der Waals surface area contributed by atoms with Crippen LogP contribution in [0.4, 0.5) is 4.39 Å². The molecule has 0 aliphatic rings. The van der Waals surface area contributed by atoms with Gasteiger partial charge in [-0.1, -0.05) is 0 Å². The molecule has 0 spiro atoms. The number of imidazole rings is 2. The molecule has 3 heterocycles. The first-order valence-electron chi connectivity index (χ1n) is 9.87. The maximum atomic E-state index is 13.4. The average Bonchev–Trinajstić information content (AvgIpc) is 3.23. The monoisotopic (exact) mass is 427 g/mol. The lowest BCUT2D eigenvalue weighted by Crippen LogP contribution is -2.40. The van der Waals surface area contributed by atoms with Crippen molar-refractivity contribution in [2.45, 2.75) is 33.7 Å². The predicted octanol–water partition coefficient (Wildman–Crippen LogP) is 1.85. The summed E-state index contributed by atoms with van der Waals surface area (Å²) in [7, 11) is 1.53. The fourth-order valence-electron chi connectivity index (χ4n) is 3.78. The Kier molecular flexibility index (Phi) is 5.00. The van der Waals surface area contributed by atoms with E-state index in [2.05, 4.69) is 4.98 Å². The summed E-state index contributed by atoms with van der Waals surface area (Å²) in [4.78, 5) is 42.4. The van der Waals surface area contributed by atoms with Crippen molar-refractivity contribution in [3.63, 3.8) is 0 Å². The lowest BCUT2D eigenvalue weighted by molar-refractivity contribution is -0.143. The number of rotatable bonds is 5. The van der Waals surface area contributed by atoms with Gasteiger partial charge in [-0.3, -0.25) is 27.7 Å². The SMILES string of the molecule is CCOC(=O)CCn1c(=O)c2c(nc3n(-c4ccc(F)cc4)c(C)c(C)n23)n(C)c1=O. The molecule has 0 aliphatic carbocycles. The van der Waals surface area contributed by atoms with E-state index in [1.807, 2.05) is 18.4 Å². The molecule has 0 radical (unpaired) electrons. The first-order valence-corrected chi connectivity index (χ1v) is 9.87. The molecule has 4 rings (SSSR count). The Morgan fingerprint density at radius 2 is 1.81 bits per heavy atom. The number of hydrogen-bond donors (Lipinski definition) is 0. The van der Waals surface area contributed by atoms with Crippen molar-refractivity contribution >= 4 is 22.9 Å². The molecular weight excluding hydrogens is 405 g/mol. The van der Waals surface area contributed by atoms with Crippen LogP contribution in [0.2, 0.25) is 0 Å². The number of aryl methyl sites for hydroxylation is 2. The molecular formula is C21H22FN5O4. The van der Waals surface area contributed by atoms with Crippen LogP contribution >= 0.6 is 0 Å². The normalized spacial score (nSPS) is 11.5. The summed E-state index contributed by atoms with van der Waals surface area (Å²) in [5, 5.41) is 0. The second-order valence-electron chi connectivity index (χ2n) is 7.26. The van der Waals surface area contributed by atoms with Crippen molar-refractivity contribution in [3.8, 4) is 5.69 Å². The minimum atomic E-state index is -0.565. The van der Waals surface area contributed by atoms with Gasteiger partial charge in [0.2, 0.25) is 5.78 Å². The van der Waals surface area contributed by atoms with Crippen LogP contribution in [0.15, 0.2) is 33.9 Å². The molecule has 10 heteroatoms. The molecule has 4 aromatic rings. The Hall–Kier alpha value is -3.69. The van der Waals surface area contributed by atoms with Crippen LogP contribution in [0.5, 0.6) is 0 Å². The first kappa shape index (κ1) is 20.6. The Morgan fingerprint density at radius 1 is 1.13 bits per heavy atom. The van der Waals surface area contributed by atoms with E-state index in [0.29, 0.717) is 11.5 Å². The van der Waals surface area contributed by atoms with E-state index in [1.54, 1.807) is 23.5 Å². The van der Waals surface area contributed by atoms with Crippen LogP contribution in [0.25, 0.3) is 22.6 Å². The summed E-state index contributed by atoms with van der Waals surface area (Å²) >= 11 is 0. The number of halogens is 1. The molecule has 162 valence electrons. The molecule has 0 fully saturated rings. The third-order valence-corrected chi connectivity index (χ3v) is 5.45. The molecule has 0 unspecified atom stereocenters. The highest BCUT2D eigenvalue weighted by Gasteiger charge is 2.23. The smallest absolute Gasteiger partial charge is 0.332 e. The second-order valence-corrected chi connectivity index (χ2v) is 7.26. The zero-order valence-electron chi connectivity index (χ0n) is 17.7. The molecule has 0 amide bonds. The molecule has 0 bridgehead atoms. The number of nitrogens with zero attached hydrogens (tertiary/aromatic N) is 5. The van der Waals surface area contributed by atoms with Gasteiger partial charge in [0.1, 0.15) is 5.82 Å². The number of fused-ring (bicyclic) bond motifs is 3. The Balaban J connectivity index is 1.99. The summed E-state index contributed by atoms with van der Waals surface area (Å²) < 4.78 is 24.1. The molecule has 0 N–H and O–H groups in total. The van der Waals surface area contributed by atoms with E-state index in [-0.39, 0.29) is 36.6 Å². The molecule has 9 nitrogen and oxygen atoms in total. The van der Waals surface area contributed by atoms with Gasteiger partial charge in [-0.05, 0) is 45.0 Å². The van der Waals surface area contributed by atoms with E-state index in [1.165, 1.54) is 23.7 Å². The van der Waals surface area contributed by atoms with Gasteiger partial charge in [0, 0.05) is 30.7 Å². The lowest BCUT2D eigenvalue weighted by atomic mass is 10.3. The maximum absolute atomic E-state index is 13.4. The van der Waals surface area contributed by atoms with E-state index in [0.717, 1.165) is 16.0 Å². The first-order chi connectivity index (χ1) is 14.8. The second kappa shape index (κ2) is 7.53. The number of carbonyl (C=O) groups is 1. The Morgan fingerprint density at radius 3 is 2.45 bits per heavy atom. The maximum Gasteiger partial charge on any atom is 0.332 e. The quantitative estimate of drug-likeness (QED) is 0.453. The van der Waals surface area contributed by atoms with Gasteiger partial charge in [-0.2, -0.15) is 4.98 Å². The number of hydrogen-bond acceptors (Lipinski definition) is 5. The highest BCUT2D eigenvalue weighted by molar-refractivity contribution is 5.77. The number of esters is 1. The van der Waals surface area contributed by atoms with Gasteiger partial charge in [-0.25, -0.2) is 9.18 Å². The fraction of sp³-hybridized carbons (Fsp3) is 0.333. The van der Waals surface area contributed by atoms with Crippen LogP contribution < -0.4 is 11.2 Å². The van der Waals surface area contributed by atoms with Crippen molar-refractivity contribution in [3.05, 3.63) is 62.3 Å². The van der Waals surface area contributed by atoms with Crippen molar-refractivity contribution in [1.82, 2.24) is 23.1 Å². The van der Waals surface area contributed by atoms with Gasteiger partial charge in [0.05, 0.1) is 13.0 Å². The van der Waals surface area contributed by atoms with Crippen LogP contribution in [0.1, 0.15) is 24.7 Å². The molecule has 0 saturated carbocycles. The largest absolute Gasteiger partial charge is 0.466 e. The number of benzene rings is 1. The third kappa shape index (κ3) is 3.15. The average molecular weight is 427 g/mol. The molecule has 3 aromatic heterocycles. The van der Waals surface area contributed by atoms with Gasteiger partial charge in [0.25, 0.3) is 5.56 Å². The zero-order chi connectivity index (χ0) is 22.4. The van der Waals surface area contributed by atoms with Gasteiger partial charge in [0.15, 0.2) is 11.2 Å². The summed E-state index contributed by atoms with van der Waals surface area (Å²) in [6.45, 7) is 5.54. The van der Waals surface area contributed by atoms with Gasteiger partial charge < -0.3 is 4.74 Å². The van der Waals surface area contributed by atoms with Crippen LogP contribution in [-0.4, -0.2) is 35.7 Å². The van der Waals surface area contributed by atoms with E-state index < -0.39 is 17.2 Å². The Bertz CT molecular complexity index is 1440. The van der Waals surface area contributed by atoms with Crippen molar-refractivity contribution in [1.29, 1.82) is 0 Å². The van der Waals surface area contributed by atoms with Crippen molar-refractivity contribution < 1.29 is 13.9 Å². The summed E-state index contributed by atoms with van der Waals surface area (Å²) in [5.74, 6) is -0.405. The van der Waals surface area contributed by atoms with Gasteiger partial charge in [-0.15, -0.1) is 0 Å². The third-order valence-electron chi connectivity index (χ3n) is 5.45. The van der Waals surface area contributed by atoms with Crippen molar-refractivity contribution in [2.24, 2.45) is 7.05 Å². The molecule has 0 saturated heterocycles. The summed E-state index contributed by atoms with van der Waals surface area (Å²) in [5.41, 5.74) is 1.63. The minimum Gasteiger partial charge on any atom is -0.466 e. The standard InChI is InChI=1S/C21H22FN5O4/c1-5-31-16(28)10-11-25-19(29)17-18(24(4)21(25)30)23-20-26(12(2)13(3)27(17)20)15-8-6-14(22)7-9-15/h6-9H,5,10-11H2,1-4H3. The number of carbonyl (C=O) groups excluding carboxylic acids is 1. The predicted molar refractivity (Wildman–Crippen MR) is 112 cm³/mol. The highest BCUT2D eigenvalue weighted by Crippen LogP contribution is 2.24. The highest BCUT2D eigenvalue weighted by atomic mass is 19.1. The van der Waals surface area contributed by atoms with E-state index in [9.17, 15) is 18.8 Å². The van der Waals surface area contributed by atoms with E-state index in [4.69, 9.17) is 4.74 Å². The van der Waals surface area contributed by atoms with Crippen molar-refractivity contribution in [2.75, 3.05) is 6.61 Å². The number of ether oxygens (including phenoxy) is 1. The topological polar surface area (TPSA) is 92.5 Å². The fourth-order valence-corrected chi connectivity index (χ4v) is 3.78. The summed E-state index contributed by atoms with van der Waals surface area (Å²) in [6.07, 6.45) is -0.0922. The minimum absolute atomic E-state index is 0.0922. The van der Waals surface area contributed by atoms with Crippen LogP contribution in [-0.2, 0) is 23.1 Å². The van der Waals surface area contributed by atoms with Crippen LogP contribution in [0, 0.1) is 19.7 Å². The van der Waals surface area contributed by atoms with E-state index >= 15 is 0 Å². The zero-order valence-corrected chi connectivity index (χ0v) is 17.7. The van der Waals surface area contributed by atoms with Gasteiger partial charge >= 0.3 is 11.7 Å². The molecule has 1 aromatic carbocycles. The molecule has 0 atom stereocenters. The number of aromatic nitrogens is 5. The van der Waals surface area contributed by atoms with Crippen LogP contribution in [0.3, 0.4) is 0 Å². The Labute approximate surface area is 175 Å². The lowest BCUT2D eigenvalue weighted by Gasteiger charge is -2.08.